The van der Waals surface area contributed by atoms with Gasteiger partial charge in [0.15, 0.2) is 0 Å². The monoisotopic (exact) mass is 411 g/mol. The van der Waals surface area contributed by atoms with Crippen molar-refractivity contribution in [2.75, 3.05) is 26.8 Å². The van der Waals surface area contributed by atoms with Crippen LogP contribution < -0.4 is 10.1 Å². The van der Waals surface area contributed by atoms with E-state index in [1.165, 1.54) is 7.11 Å². The third-order valence-electron chi connectivity index (χ3n) is 4.62. The van der Waals surface area contributed by atoms with Gasteiger partial charge in [-0.05, 0) is 31.5 Å². The molecule has 2 heterocycles. The molecule has 0 aliphatic carbocycles. The number of rotatable bonds is 5. The van der Waals surface area contributed by atoms with E-state index in [0.717, 1.165) is 0 Å². The number of ether oxygens (including phenoxy) is 4. The zero-order valence-electron chi connectivity index (χ0n) is 15.5. The van der Waals surface area contributed by atoms with Gasteiger partial charge in [-0.25, -0.2) is 0 Å². The Bertz CT molecular complexity index is 762. The van der Waals surface area contributed by atoms with E-state index in [1.807, 2.05) is 0 Å². The highest BCUT2D eigenvalue weighted by atomic mass is 35.5. The molecule has 3 rings (SSSR count). The zero-order valence-corrected chi connectivity index (χ0v) is 16.3. The van der Waals surface area contributed by atoms with Gasteiger partial charge < -0.3 is 24.3 Å². The molecule has 152 valence electrons. The van der Waals surface area contributed by atoms with Crippen LogP contribution in [0.25, 0.3) is 0 Å². The average molecular weight is 412 g/mol. The van der Waals surface area contributed by atoms with Crippen LogP contribution in [0.2, 0.25) is 5.02 Å². The minimum Gasteiger partial charge on any atom is -0.492 e. The quantitative estimate of drug-likeness (QED) is 0.578. The SMILES string of the molecule is COC(=O)CCCOc1c(Cl)ccc2c1CCNCC21OC(=O)CCC(=O)O1. The van der Waals surface area contributed by atoms with Crippen molar-refractivity contribution in [3.05, 3.63) is 28.3 Å². The summed E-state index contributed by atoms with van der Waals surface area (Å²) >= 11 is 6.35. The van der Waals surface area contributed by atoms with Gasteiger partial charge in [0.05, 0.1) is 38.1 Å². The van der Waals surface area contributed by atoms with Crippen molar-refractivity contribution in [1.29, 1.82) is 0 Å². The number of benzene rings is 1. The minimum atomic E-state index is -1.55. The molecule has 0 atom stereocenters. The Morgan fingerprint density at radius 3 is 2.61 bits per heavy atom. The first kappa shape index (κ1) is 20.4. The Morgan fingerprint density at radius 1 is 1.21 bits per heavy atom. The Morgan fingerprint density at radius 2 is 1.93 bits per heavy atom. The Labute approximate surface area is 167 Å². The van der Waals surface area contributed by atoms with Gasteiger partial charge in [0, 0.05) is 17.5 Å². The van der Waals surface area contributed by atoms with Gasteiger partial charge in [0.25, 0.3) is 5.79 Å². The lowest BCUT2D eigenvalue weighted by Crippen LogP contribution is -2.43. The summed E-state index contributed by atoms with van der Waals surface area (Å²) in [6, 6.07) is 3.31. The molecular weight excluding hydrogens is 390 g/mol. The highest BCUT2D eigenvalue weighted by Gasteiger charge is 2.46. The summed E-state index contributed by atoms with van der Waals surface area (Å²) in [5.41, 5.74) is 1.24. The van der Waals surface area contributed by atoms with Crippen LogP contribution in [0, 0.1) is 0 Å². The molecular formula is C19H22ClNO7. The van der Waals surface area contributed by atoms with Crippen molar-refractivity contribution >= 4 is 29.5 Å². The van der Waals surface area contributed by atoms with E-state index in [1.54, 1.807) is 12.1 Å². The molecule has 1 spiro atoms. The van der Waals surface area contributed by atoms with Crippen molar-refractivity contribution < 1.29 is 33.3 Å². The molecule has 0 bridgehead atoms. The van der Waals surface area contributed by atoms with Crippen LogP contribution in [0.3, 0.4) is 0 Å². The predicted octanol–water partition coefficient (Wildman–Crippen LogP) is 1.85. The van der Waals surface area contributed by atoms with Gasteiger partial charge >= 0.3 is 17.9 Å². The number of fused-ring (bicyclic) bond motifs is 2. The average Bonchev–Trinajstić information content (AvgIpc) is 2.93. The second kappa shape index (κ2) is 8.79. The number of carbonyl (C=O) groups is 3. The van der Waals surface area contributed by atoms with E-state index >= 15 is 0 Å². The summed E-state index contributed by atoms with van der Waals surface area (Å²) in [7, 11) is 1.33. The van der Waals surface area contributed by atoms with E-state index in [9.17, 15) is 14.4 Å². The van der Waals surface area contributed by atoms with Crippen molar-refractivity contribution in [2.45, 2.75) is 37.9 Å². The number of methoxy groups -OCH3 is 1. The maximum atomic E-state index is 12.1. The lowest BCUT2D eigenvalue weighted by atomic mass is 9.97. The maximum absolute atomic E-state index is 12.1. The highest BCUT2D eigenvalue weighted by molar-refractivity contribution is 6.32. The Balaban J connectivity index is 1.91. The fourth-order valence-corrected chi connectivity index (χ4v) is 3.52. The third-order valence-corrected chi connectivity index (χ3v) is 4.92. The predicted molar refractivity (Wildman–Crippen MR) is 97.9 cm³/mol. The topological polar surface area (TPSA) is 100 Å². The molecule has 1 saturated heterocycles. The second-order valence-corrected chi connectivity index (χ2v) is 6.97. The van der Waals surface area contributed by atoms with E-state index in [-0.39, 0.29) is 38.4 Å². The first-order valence-electron chi connectivity index (χ1n) is 9.11. The fourth-order valence-electron chi connectivity index (χ4n) is 3.29. The lowest BCUT2D eigenvalue weighted by molar-refractivity contribution is -0.225. The van der Waals surface area contributed by atoms with Crippen molar-refractivity contribution in [2.24, 2.45) is 0 Å². The smallest absolute Gasteiger partial charge is 0.309 e. The summed E-state index contributed by atoms with van der Waals surface area (Å²) in [6.07, 6.45) is 1.17. The first-order chi connectivity index (χ1) is 13.4. The van der Waals surface area contributed by atoms with Gasteiger partial charge in [-0.2, -0.15) is 0 Å². The zero-order chi connectivity index (χ0) is 20.1. The van der Waals surface area contributed by atoms with Crippen molar-refractivity contribution in [3.63, 3.8) is 0 Å². The van der Waals surface area contributed by atoms with Crippen LogP contribution in [-0.2, 0) is 40.8 Å². The Hall–Kier alpha value is -2.32. The molecule has 9 heteroatoms. The molecule has 28 heavy (non-hydrogen) atoms. The summed E-state index contributed by atoms with van der Waals surface area (Å²) in [6.45, 7) is 0.953. The van der Waals surface area contributed by atoms with Crippen LogP contribution in [0.4, 0.5) is 0 Å². The Kier molecular flexibility index (Phi) is 6.41. The highest BCUT2D eigenvalue weighted by Crippen LogP contribution is 2.41. The number of hydrogen-bond donors (Lipinski definition) is 1. The molecule has 0 saturated carbocycles. The summed E-state index contributed by atoms with van der Waals surface area (Å²) in [5.74, 6) is -2.44. The normalized spacial score (nSPS) is 18.4. The lowest BCUT2D eigenvalue weighted by Gasteiger charge is -2.32. The molecule has 0 aromatic heterocycles. The molecule has 2 aliphatic heterocycles. The van der Waals surface area contributed by atoms with Crippen LogP contribution >= 0.6 is 11.6 Å². The second-order valence-electron chi connectivity index (χ2n) is 6.56. The molecule has 0 radical (unpaired) electrons. The third kappa shape index (κ3) is 4.39. The van der Waals surface area contributed by atoms with Crippen LogP contribution in [0.1, 0.15) is 36.8 Å². The van der Waals surface area contributed by atoms with E-state index in [0.29, 0.717) is 41.3 Å². The standard InChI is InChI=1S/C19H22ClNO7/c1-25-15(22)3-2-10-26-18-12-8-9-21-11-19(13(12)4-5-14(18)20)27-16(23)6-7-17(24)28-19/h4-5,21H,2-3,6-11H2,1H3. The summed E-state index contributed by atoms with van der Waals surface area (Å²) in [4.78, 5) is 35.4. The molecule has 0 unspecified atom stereocenters. The number of esters is 3. The van der Waals surface area contributed by atoms with E-state index < -0.39 is 17.7 Å². The first-order valence-corrected chi connectivity index (χ1v) is 9.49. The number of nitrogens with one attached hydrogen (secondary N) is 1. The number of halogens is 1. The molecule has 8 nitrogen and oxygen atoms in total. The molecule has 0 amide bonds. The van der Waals surface area contributed by atoms with E-state index in [2.05, 4.69) is 10.1 Å². The fraction of sp³-hybridized carbons (Fsp3) is 0.526. The van der Waals surface area contributed by atoms with Gasteiger partial charge in [-0.3, -0.25) is 14.4 Å². The maximum Gasteiger partial charge on any atom is 0.309 e. The van der Waals surface area contributed by atoms with Gasteiger partial charge in [-0.1, -0.05) is 11.6 Å². The minimum absolute atomic E-state index is 0.0274. The van der Waals surface area contributed by atoms with Crippen LogP contribution in [0.15, 0.2) is 12.1 Å². The molecule has 1 N–H and O–H groups in total. The molecule has 2 aliphatic rings. The summed E-state index contributed by atoms with van der Waals surface area (Å²) < 4.78 is 21.6. The van der Waals surface area contributed by atoms with Gasteiger partial charge in [0.2, 0.25) is 0 Å². The number of carbonyl (C=O) groups excluding carboxylic acids is 3. The van der Waals surface area contributed by atoms with Gasteiger partial charge in [0.1, 0.15) is 5.75 Å². The van der Waals surface area contributed by atoms with Crippen molar-refractivity contribution in [3.8, 4) is 5.75 Å². The molecule has 1 aromatic rings. The van der Waals surface area contributed by atoms with Crippen LogP contribution in [-0.4, -0.2) is 44.7 Å². The molecule has 1 fully saturated rings. The number of hydrogen-bond acceptors (Lipinski definition) is 8. The van der Waals surface area contributed by atoms with Crippen molar-refractivity contribution in [1.82, 2.24) is 5.32 Å². The largest absolute Gasteiger partial charge is 0.492 e. The molecule has 1 aromatic carbocycles. The van der Waals surface area contributed by atoms with Gasteiger partial charge in [-0.15, -0.1) is 0 Å². The van der Waals surface area contributed by atoms with E-state index in [4.69, 9.17) is 25.8 Å². The summed E-state index contributed by atoms with van der Waals surface area (Å²) in [5, 5.41) is 3.53. The van der Waals surface area contributed by atoms with Crippen LogP contribution in [0.5, 0.6) is 5.75 Å².